The predicted octanol–water partition coefficient (Wildman–Crippen LogP) is 2.49. The largest absolute Gasteiger partial charge is 0.509 e. The van der Waals surface area contributed by atoms with Crippen LogP contribution in [-0.4, -0.2) is 81.7 Å². The van der Waals surface area contributed by atoms with Gasteiger partial charge in [-0.1, -0.05) is 0 Å². The summed E-state index contributed by atoms with van der Waals surface area (Å²) in [5.74, 6) is -4.45. The van der Waals surface area contributed by atoms with Crippen LogP contribution in [0.2, 0.25) is 0 Å². The lowest BCUT2D eigenvalue weighted by Gasteiger charge is -2.42. The van der Waals surface area contributed by atoms with Crippen LogP contribution in [0.15, 0.2) is 11.3 Å². The molecule has 32 heavy (non-hydrogen) atoms. The van der Waals surface area contributed by atoms with Gasteiger partial charge in [0.15, 0.2) is 5.57 Å². The van der Waals surface area contributed by atoms with Crippen molar-refractivity contribution in [2.75, 3.05) is 19.6 Å². The third-order valence-corrected chi connectivity index (χ3v) is 4.32. The molecule has 2 fully saturated rings. The Hall–Kier alpha value is -2.98. The summed E-state index contributed by atoms with van der Waals surface area (Å²) in [7, 11) is 0. The Balaban J connectivity index is 2.41. The maximum atomic E-state index is 12.8. The van der Waals surface area contributed by atoms with E-state index in [2.05, 4.69) is 0 Å². The molecule has 0 aromatic carbocycles. The first kappa shape index (κ1) is 25.3. The summed E-state index contributed by atoms with van der Waals surface area (Å²) in [6.45, 7) is 12.7. The van der Waals surface area contributed by atoms with Crippen LogP contribution in [0.25, 0.3) is 0 Å². The number of carbonyl (C=O) groups is 4. The number of cyclic esters (lactones) is 2. The van der Waals surface area contributed by atoms with Crippen LogP contribution in [0, 0.1) is 0 Å². The minimum Gasteiger partial charge on any atom is -0.509 e. The summed E-state index contributed by atoms with van der Waals surface area (Å²) >= 11 is 0. The highest BCUT2D eigenvalue weighted by Gasteiger charge is 2.46. The maximum absolute atomic E-state index is 12.8. The standard InChI is InChI=1S/C21H32N2O9/c1-19(2,3)31-17(27)22-9-10-23(18(28)32-20(4,5)6)12(11-22)14(24)13-15(25)29-21(7,8)30-16(13)26/h12,24H,9-11H2,1-8H3. The van der Waals surface area contributed by atoms with Crippen molar-refractivity contribution < 1.29 is 43.2 Å². The molecule has 1 unspecified atom stereocenters. The van der Waals surface area contributed by atoms with E-state index < -0.39 is 58.5 Å². The molecule has 2 heterocycles. The van der Waals surface area contributed by atoms with Crippen LogP contribution >= 0.6 is 0 Å². The Kier molecular flexibility index (Phi) is 6.73. The molecule has 11 heteroatoms. The van der Waals surface area contributed by atoms with Gasteiger partial charge in [0.25, 0.3) is 5.79 Å². The van der Waals surface area contributed by atoms with Gasteiger partial charge in [-0.05, 0) is 41.5 Å². The molecule has 180 valence electrons. The number of nitrogens with zero attached hydrogens (tertiary/aromatic N) is 2. The molecule has 2 aliphatic rings. The zero-order valence-corrected chi connectivity index (χ0v) is 19.8. The summed E-state index contributed by atoms with van der Waals surface area (Å²) in [6, 6.07) is -1.26. The topological polar surface area (TPSA) is 132 Å². The van der Waals surface area contributed by atoms with Crippen molar-refractivity contribution in [3.8, 4) is 0 Å². The van der Waals surface area contributed by atoms with Crippen molar-refractivity contribution in [1.29, 1.82) is 0 Å². The number of esters is 2. The summed E-state index contributed by atoms with van der Waals surface area (Å²) in [5, 5.41) is 10.9. The summed E-state index contributed by atoms with van der Waals surface area (Å²) in [4.78, 5) is 52.6. The fourth-order valence-electron chi connectivity index (χ4n) is 3.08. The zero-order chi connectivity index (χ0) is 24.6. The molecule has 0 aliphatic carbocycles. The molecule has 2 amide bonds. The van der Waals surface area contributed by atoms with Gasteiger partial charge in [-0.3, -0.25) is 4.90 Å². The first-order valence-electron chi connectivity index (χ1n) is 10.3. The molecular formula is C21H32N2O9. The van der Waals surface area contributed by atoms with Gasteiger partial charge in [0, 0.05) is 26.9 Å². The Morgan fingerprint density at radius 2 is 1.41 bits per heavy atom. The van der Waals surface area contributed by atoms with E-state index in [4.69, 9.17) is 18.9 Å². The maximum Gasteiger partial charge on any atom is 0.411 e. The van der Waals surface area contributed by atoms with E-state index in [1.165, 1.54) is 18.7 Å². The summed E-state index contributed by atoms with van der Waals surface area (Å²) in [6.07, 6.45) is -1.45. The third-order valence-electron chi connectivity index (χ3n) is 4.32. The first-order valence-corrected chi connectivity index (χ1v) is 10.3. The molecular weight excluding hydrogens is 424 g/mol. The molecule has 0 spiro atoms. The van der Waals surface area contributed by atoms with Crippen LogP contribution in [0.5, 0.6) is 0 Å². The second-order valence-corrected chi connectivity index (χ2v) is 10.1. The number of rotatable bonds is 1. The van der Waals surface area contributed by atoms with Crippen molar-refractivity contribution in [3.05, 3.63) is 11.3 Å². The zero-order valence-electron chi connectivity index (χ0n) is 19.8. The van der Waals surface area contributed by atoms with Gasteiger partial charge in [0.05, 0.1) is 6.54 Å². The van der Waals surface area contributed by atoms with Crippen LogP contribution < -0.4 is 0 Å². The fourth-order valence-corrected chi connectivity index (χ4v) is 3.08. The van der Waals surface area contributed by atoms with Crippen molar-refractivity contribution in [2.24, 2.45) is 0 Å². The van der Waals surface area contributed by atoms with Gasteiger partial charge in [0.1, 0.15) is 23.0 Å². The molecule has 1 N–H and O–H groups in total. The number of aliphatic hydroxyl groups excluding tert-OH is 1. The van der Waals surface area contributed by atoms with E-state index in [1.54, 1.807) is 41.5 Å². The number of ether oxygens (including phenoxy) is 4. The number of piperazine rings is 1. The molecule has 0 radical (unpaired) electrons. The molecule has 0 bridgehead atoms. The Morgan fingerprint density at radius 3 is 1.88 bits per heavy atom. The number of aliphatic hydroxyl groups is 1. The normalized spacial score (nSPS) is 21.5. The van der Waals surface area contributed by atoms with Crippen molar-refractivity contribution in [3.63, 3.8) is 0 Å². The van der Waals surface area contributed by atoms with E-state index in [0.29, 0.717) is 0 Å². The van der Waals surface area contributed by atoms with E-state index in [-0.39, 0.29) is 19.6 Å². The molecule has 0 aromatic heterocycles. The van der Waals surface area contributed by atoms with E-state index in [0.717, 1.165) is 4.90 Å². The number of amides is 2. The van der Waals surface area contributed by atoms with E-state index >= 15 is 0 Å². The Morgan fingerprint density at radius 1 is 0.938 bits per heavy atom. The van der Waals surface area contributed by atoms with Crippen molar-refractivity contribution >= 4 is 24.1 Å². The van der Waals surface area contributed by atoms with Gasteiger partial charge in [-0.15, -0.1) is 0 Å². The number of hydrogen-bond donors (Lipinski definition) is 1. The molecule has 2 saturated heterocycles. The molecule has 11 nitrogen and oxygen atoms in total. The highest BCUT2D eigenvalue weighted by atomic mass is 16.7. The molecule has 1 atom stereocenters. The molecule has 2 aliphatic heterocycles. The van der Waals surface area contributed by atoms with Crippen LogP contribution in [-0.2, 0) is 28.5 Å². The fraction of sp³-hybridized carbons (Fsp3) is 0.714. The molecule has 0 saturated carbocycles. The number of carbonyl (C=O) groups excluding carboxylic acids is 4. The van der Waals surface area contributed by atoms with Gasteiger partial charge in [-0.2, -0.15) is 0 Å². The van der Waals surface area contributed by atoms with E-state index in [9.17, 15) is 24.3 Å². The second-order valence-electron chi connectivity index (χ2n) is 10.1. The molecule has 2 rings (SSSR count). The van der Waals surface area contributed by atoms with Gasteiger partial charge < -0.3 is 29.0 Å². The van der Waals surface area contributed by atoms with Crippen molar-refractivity contribution in [1.82, 2.24) is 9.80 Å². The Bertz CT molecular complexity index is 811. The minimum absolute atomic E-state index is 0.0360. The monoisotopic (exact) mass is 456 g/mol. The smallest absolute Gasteiger partial charge is 0.411 e. The second kappa shape index (κ2) is 8.51. The average Bonchev–Trinajstić information content (AvgIpc) is 2.56. The number of hydrogen-bond acceptors (Lipinski definition) is 9. The lowest BCUT2D eigenvalue weighted by Crippen LogP contribution is -2.59. The quantitative estimate of drug-likeness (QED) is 0.208. The first-order chi connectivity index (χ1) is 14.4. The van der Waals surface area contributed by atoms with Crippen molar-refractivity contribution in [2.45, 2.75) is 78.4 Å². The Labute approximate surface area is 187 Å². The lowest BCUT2D eigenvalue weighted by molar-refractivity contribution is -0.222. The highest BCUT2D eigenvalue weighted by Crippen LogP contribution is 2.28. The van der Waals surface area contributed by atoms with Crippen LogP contribution in [0.1, 0.15) is 55.4 Å². The minimum atomic E-state index is -1.50. The average molecular weight is 456 g/mol. The molecule has 0 aromatic rings. The third kappa shape index (κ3) is 6.27. The summed E-state index contributed by atoms with van der Waals surface area (Å²) in [5.41, 5.74) is -2.34. The highest BCUT2D eigenvalue weighted by molar-refractivity contribution is 6.15. The van der Waals surface area contributed by atoms with Gasteiger partial charge >= 0.3 is 24.1 Å². The van der Waals surface area contributed by atoms with Gasteiger partial charge in [-0.25, -0.2) is 19.2 Å². The lowest BCUT2D eigenvalue weighted by atomic mass is 10.0. The predicted molar refractivity (Wildman–Crippen MR) is 110 cm³/mol. The van der Waals surface area contributed by atoms with E-state index in [1.807, 2.05) is 0 Å². The van der Waals surface area contributed by atoms with Crippen LogP contribution in [0.3, 0.4) is 0 Å². The van der Waals surface area contributed by atoms with Gasteiger partial charge in [0.2, 0.25) is 0 Å². The summed E-state index contributed by atoms with van der Waals surface area (Å²) < 4.78 is 20.9. The van der Waals surface area contributed by atoms with Crippen LogP contribution in [0.4, 0.5) is 9.59 Å². The SMILES string of the molecule is CC(C)(C)OC(=O)N1CCN(C(=O)OC(C)(C)C)C(C(O)=C2C(=O)OC(C)(C)OC2=O)C1.